The quantitative estimate of drug-likeness (QED) is 0.451. The van der Waals surface area contributed by atoms with Crippen molar-refractivity contribution in [3.63, 3.8) is 0 Å². The summed E-state index contributed by atoms with van der Waals surface area (Å²) in [7, 11) is 3.34. The van der Waals surface area contributed by atoms with Crippen molar-refractivity contribution in [1.29, 1.82) is 0 Å². The Morgan fingerprint density at radius 1 is 1.12 bits per heavy atom. The van der Waals surface area contributed by atoms with Gasteiger partial charge in [-0.1, -0.05) is 63.2 Å². The lowest BCUT2D eigenvalue weighted by molar-refractivity contribution is 0.0460. The summed E-state index contributed by atoms with van der Waals surface area (Å²) in [6.45, 7) is 8.46. The Morgan fingerprint density at radius 3 is 2.45 bits per heavy atom. The van der Waals surface area contributed by atoms with Crippen LogP contribution in [0.2, 0.25) is 0 Å². The van der Waals surface area contributed by atoms with E-state index >= 15 is 0 Å². The molecule has 5 heteroatoms. The summed E-state index contributed by atoms with van der Waals surface area (Å²) in [4.78, 5) is 14.6. The molecule has 176 valence electrons. The largest absolute Gasteiger partial charge is 0.496 e. The van der Waals surface area contributed by atoms with Gasteiger partial charge in [-0.3, -0.25) is 4.79 Å². The molecular weight excluding hydrogens is 414 g/mol. The predicted molar refractivity (Wildman–Crippen MR) is 131 cm³/mol. The van der Waals surface area contributed by atoms with Crippen LogP contribution in [0.1, 0.15) is 73.2 Å². The Labute approximate surface area is 197 Å². The Morgan fingerprint density at radius 2 is 1.82 bits per heavy atom. The average Bonchev–Trinajstić information content (AvgIpc) is 3.31. The molecule has 1 aromatic heterocycles. The second-order valence-corrected chi connectivity index (χ2v) is 9.22. The molecule has 0 aliphatic rings. The Bertz CT molecular complexity index is 1070. The maximum atomic E-state index is 13.0. The van der Waals surface area contributed by atoms with Crippen LogP contribution < -0.4 is 4.74 Å². The number of hydrogen-bond acceptors (Lipinski definition) is 4. The molecule has 0 spiro atoms. The number of aliphatic hydroxyl groups is 1. The van der Waals surface area contributed by atoms with Crippen LogP contribution in [-0.4, -0.2) is 36.1 Å². The molecule has 33 heavy (non-hydrogen) atoms. The molecule has 0 radical (unpaired) electrons. The molecule has 2 aromatic carbocycles. The molecule has 2 atom stereocenters. The number of carbonyl (C=O) groups is 1. The number of nitrogens with zero attached hydrogens (tertiary/aromatic N) is 1. The number of furan rings is 1. The van der Waals surface area contributed by atoms with E-state index in [1.807, 2.05) is 49.4 Å². The van der Waals surface area contributed by atoms with Crippen LogP contribution in [0.25, 0.3) is 0 Å². The third-order valence-corrected chi connectivity index (χ3v) is 6.71. The summed E-state index contributed by atoms with van der Waals surface area (Å²) in [6.07, 6.45) is 0.761. The molecule has 0 fully saturated rings. The Kier molecular flexibility index (Phi) is 7.65. The third-order valence-electron chi connectivity index (χ3n) is 6.71. The van der Waals surface area contributed by atoms with Crippen molar-refractivity contribution >= 4 is 5.91 Å². The second-order valence-electron chi connectivity index (χ2n) is 9.22. The standard InChI is InChI=1S/C28H35NO4/c1-7-28(3,4)22-13-15-24(32-6)21(17-22)18-23-14-16-25(33-23)27(31)29(5)19(2)26(30)20-11-9-8-10-12-20/h8-17,19,26,30H,7,18H2,1-6H3/t19-,26+/m1/s1. The molecule has 0 saturated heterocycles. The zero-order valence-electron chi connectivity index (χ0n) is 20.5. The minimum absolute atomic E-state index is 0.0593. The summed E-state index contributed by atoms with van der Waals surface area (Å²) in [6, 6.07) is 18.7. The van der Waals surface area contributed by atoms with Crippen molar-refractivity contribution < 1.29 is 19.1 Å². The lowest BCUT2D eigenvalue weighted by Gasteiger charge is -2.28. The fourth-order valence-corrected chi connectivity index (χ4v) is 3.82. The summed E-state index contributed by atoms with van der Waals surface area (Å²) in [5.41, 5.74) is 3.09. The van der Waals surface area contributed by atoms with Crippen molar-refractivity contribution in [2.45, 2.75) is 58.1 Å². The van der Waals surface area contributed by atoms with E-state index in [1.165, 1.54) is 10.5 Å². The summed E-state index contributed by atoms with van der Waals surface area (Å²) >= 11 is 0. The van der Waals surface area contributed by atoms with Gasteiger partial charge in [-0.25, -0.2) is 0 Å². The van der Waals surface area contributed by atoms with E-state index < -0.39 is 12.1 Å². The van der Waals surface area contributed by atoms with Crippen molar-refractivity contribution in [1.82, 2.24) is 4.90 Å². The van der Waals surface area contributed by atoms with Crippen LogP contribution in [0.4, 0.5) is 0 Å². The molecule has 0 unspecified atom stereocenters. The molecule has 0 bridgehead atoms. The van der Waals surface area contributed by atoms with Gasteiger partial charge in [0.25, 0.3) is 5.91 Å². The normalized spacial score (nSPS) is 13.4. The van der Waals surface area contributed by atoms with Crippen LogP contribution in [0, 0.1) is 0 Å². The molecular formula is C28H35NO4. The van der Waals surface area contributed by atoms with E-state index in [2.05, 4.69) is 32.9 Å². The smallest absolute Gasteiger partial charge is 0.289 e. The maximum Gasteiger partial charge on any atom is 0.289 e. The fourth-order valence-electron chi connectivity index (χ4n) is 3.82. The monoisotopic (exact) mass is 449 g/mol. The van der Waals surface area contributed by atoms with E-state index in [9.17, 15) is 9.90 Å². The lowest BCUT2D eigenvalue weighted by Crippen LogP contribution is -2.38. The fraction of sp³-hybridized carbons (Fsp3) is 0.393. The highest BCUT2D eigenvalue weighted by Gasteiger charge is 2.27. The summed E-state index contributed by atoms with van der Waals surface area (Å²) in [5.74, 6) is 1.47. The van der Waals surface area contributed by atoms with Gasteiger partial charge in [0, 0.05) is 19.0 Å². The number of hydrogen-bond donors (Lipinski definition) is 1. The number of aliphatic hydroxyl groups excluding tert-OH is 1. The van der Waals surface area contributed by atoms with Gasteiger partial charge in [0.15, 0.2) is 5.76 Å². The maximum absolute atomic E-state index is 13.0. The second kappa shape index (κ2) is 10.3. The summed E-state index contributed by atoms with van der Waals surface area (Å²) < 4.78 is 11.5. The highest BCUT2D eigenvalue weighted by Crippen LogP contribution is 2.32. The van der Waals surface area contributed by atoms with Crippen molar-refractivity contribution in [3.8, 4) is 5.75 Å². The molecule has 3 aromatic rings. The first kappa shape index (κ1) is 24.6. The molecule has 3 rings (SSSR count). The molecule has 5 nitrogen and oxygen atoms in total. The number of rotatable bonds is 9. The lowest BCUT2D eigenvalue weighted by atomic mass is 9.81. The van der Waals surface area contributed by atoms with E-state index in [1.54, 1.807) is 20.2 Å². The molecule has 0 aliphatic heterocycles. The summed E-state index contributed by atoms with van der Waals surface area (Å²) in [5, 5.41) is 10.7. The minimum Gasteiger partial charge on any atom is -0.496 e. The van der Waals surface area contributed by atoms with Crippen molar-refractivity contribution in [2.75, 3.05) is 14.2 Å². The van der Waals surface area contributed by atoms with Gasteiger partial charge in [-0.15, -0.1) is 0 Å². The van der Waals surface area contributed by atoms with E-state index in [0.29, 0.717) is 12.2 Å². The number of carbonyl (C=O) groups excluding carboxylic acids is 1. The zero-order chi connectivity index (χ0) is 24.2. The molecule has 0 saturated carbocycles. The van der Waals surface area contributed by atoms with Crippen LogP contribution in [-0.2, 0) is 11.8 Å². The highest BCUT2D eigenvalue weighted by atomic mass is 16.5. The Hall–Kier alpha value is -3.05. The number of benzene rings is 2. The van der Waals surface area contributed by atoms with Crippen molar-refractivity contribution in [3.05, 3.63) is 88.9 Å². The van der Waals surface area contributed by atoms with Gasteiger partial charge in [-0.2, -0.15) is 0 Å². The van der Waals surface area contributed by atoms with Crippen LogP contribution in [0.5, 0.6) is 5.75 Å². The van der Waals surface area contributed by atoms with E-state index in [0.717, 1.165) is 23.3 Å². The van der Waals surface area contributed by atoms with Crippen LogP contribution in [0.15, 0.2) is 65.1 Å². The highest BCUT2D eigenvalue weighted by molar-refractivity contribution is 5.91. The van der Waals surface area contributed by atoms with E-state index in [-0.39, 0.29) is 17.1 Å². The van der Waals surface area contributed by atoms with Gasteiger partial charge in [0.2, 0.25) is 0 Å². The van der Waals surface area contributed by atoms with Gasteiger partial charge in [0.1, 0.15) is 11.5 Å². The molecule has 0 aliphatic carbocycles. The molecule has 1 heterocycles. The topological polar surface area (TPSA) is 62.9 Å². The number of amides is 1. The van der Waals surface area contributed by atoms with Crippen LogP contribution in [0.3, 0.4) is 0 Å². The third kappa shape index (κ3) is 5.48. The average molecular weight is 450 g/mol. The predicted octanol–water partition coefficient (Wildman–Crippen LogP) is 5.76. The number of likely N-dealkylation sites (N-methyl/N-ethyl adjacent to an activating group) is 1. The minimum atomic E-state index is -0.788. The van der Waals surface area contributed by atoms with Crippen LogP contribution >= 0.6 is 0 Å². The first-order valence-corrected chi connectivity index (χ1v) is 11.4. The first-order valence-electron chi connectivity index (χ1n) is 11.4. The van der Waals surface area contributed by atoms with Gasteiger partial charge in [-0.05, 0) is 48.1 Å². The SMILES string of the molecule is CCC(C)(C)c1ccc(OC)c(Cc2ccc(C(=O)N(C)[C@H](C)[C@H](O)c3ccccc3)o2)c1. The first-order chi connectivity index (χ1) is 15.7. The molecule has 1 amide bonds. The Balaban J connectivity index is 1.77. The van der Waals surface area contributed by atoms with Gasteiger partial charge < -0.3 is 19.2 Å². The zero-order valence-corrected chi connectivity index (χ0v) is 20.5. The van der Waals surface area contributed by atoms with E-state index in [4.69, 9.17) is 9.15 Å². The van der Waals surface area contributed by atoms with Crippen molar-refractivity contribution in [2.24, 2.45) is 0 Å². The number of ether oxygens (including phenoxy) is 1. The van der Waals surface area contributed by atoms with Gasteiger partial charge >= 0.3 is 0 Å². The van der Waals surface area contributed by atoms with Gasteiger partial charge in [0.05, 0.1) is 19.3 Å². The molecule has 1 N–H and O–H groups in total. The number of methoxy groups -OCH3 is 1.